The highest BCUT2D eigenvalue weighted by atomic mass is 32.2. The minimum atomic E-state index is -3.84. The van der Waals surface area contributed by atoms with Gasteiger partial charge in [-0.05, 0) is 37.3 Å². The maximum absolute atomic E-state index is 12.3. The van der Waals surface area contributed by atoms with Crippen LogP contribution in [0.4, 0.5) is 16.2 Å². The van der Waals surface area contributed by atoms with Gasteiger partial charge < -0.3 is 10.1 Å². The number of amidine groups is 1. The summed E-state index contributed by atoms with van der Waals surface area (Å²) < 4.78 is 32.4. The number of nitro groups is 1. The number of hydrogen-bond donors (Lipinski definition) is 2. The largest absolute Gasteiger partial charge is 0.417 e. The van der Waals surface area contributed by atoms with E-state index in [0.717, 1.165) is 12.3 Å². The number of hydrogen-bond acceptors (Lipinski definition) is 9. The normalized spacial score (nSPS) is 18.2. The maximum atomic E-state index is 12.3. The van der Waals surface area contributed by atoms with E-state index in [-0.39, 0.29) is 17.1 Å². The van der Waals surface area contributed by atoms with Crippen LogP contribution in [0.2, 0.25) is 0 Å². The predicted molar refractivity (Wildman–Crippen MR) is 112 cm³/mol. The van der Waals surface area contributed by atoms with Crippen molar-refractivity contribution >= 4 is 39.3 Å². The minimum Gasteiger partial charge on any atom is -0.416 e. The number of cyclic esters (lactones) is 1. The van der Waals surface area contributed by atoms with Crippen molar-refractivity contribution in [1.29, 1.82) is 5.41 Å². The summed E-state index contributed by atoms with van der Waals surface area (Å²) in [6.45, 7) is 1.55. The molecule has 168 valence electrons. The number of nitrogens with one attached hydrogen (secondary N) is 2. The van der Waals surface area contributed by atoms with Gasteiger partial charge in [0, 0.05) is 28.9 Å². The average molecular weight is 462 g/mol. The van der Waals surface area contributed by atoms with Crippen LogP contribution < -0.4 is 10.2 Å². The van der Waals surface area contributed by atoms with Crippen LogP contribution in [0.25, 0.3) is 0 Å². The molecule has 2 unspecified atom stereocenters. The Bertz CT molecular complexity index is 1200. The molecular weight excluding hydrogens is 444 g/mol. The van der Waals surface area contributed by atoms with E-state index in [2.05, 4.69) is 5.32 Å². The maximum Gasteiger partial charge on any atom is 0.417 e. The van der Waals surface area contributed by atoms with Gasteiger partial charge in [-0.2, -0.15) is 8.42 Å². The first kappa shape index (κ1) is 22.8. The van der Waals surface area contributed by atoms with E-state index in [9.17, 15) is 28.1 Å². The van der Waals surface area contributed by atoms with E-state index >= 15 is 0 Å². The molecule has 1 aliphatic heterocycles. The number of ether oxygens (including phenoxy) is 1. The molecule has 2 aromatic rings. The molecule has 0 radical (unpaired) electrons. The first-order valence-corrected chi connectivity index (χ1v) is 10.9. The number of carbonyl (C=O) groups excluding carboxylic acids is 2. The van der Waals surface area contributed by atoms with Gasteiger partial charge in [0.2, 0.25) is 6.29 Å². The predicted octanol–water partition coefficient (Wildman–Crippen LogP) is 2.00. The fourth-order valence-electron chi connectivity index (χ4n) is 2.96. The van der Waals surface area contributed by atoms with E-state index in [4.69, 9.17) is 14.3 Å². The molecule has 3 rings (SSSR count). The second-order valence-corrected chi connectivity index (χ2v) is 8.45. The Hall–Kier alpha value is -3.84. The van der Waals surface area contributed by atoms with Gasteiger partial charge in [-0.25, -0.2) is 8.98 Å². The van der Waals surface area contributed by atoms with Gasteiger partial charge in [-0.15, -0.1) is 0 Å². The number of anilines is 1. The second-order valence-electron chi connectivity index (χ2n) is 6.85. The zero-order valence-electron chi connectivity index (χ0n) is 16.8. The summed E-state index contributed by atoms with van der Waals surface area (Å²) >= 11 is 0. The van der Waals surface area contributed by atoms with Gasteiger partial charge in [-0.1, -0.05) is 6.07 Å². The van der Waals surface area contributed by atoms with Gasteiger partial charge in [0.05, 0.1) is 11.2 Å². The molecule has 2 atom stereocenters. The second kappa shape index (κ2) is 8.72. The number of amides is 2. The lowest BCUT2D eigenvalue weighted by molar-refractivity contribution is -0.384. The molecule has 0 bridgehead atoms. The summed E-state index contributed by atoms with van der Waals surface area (Å²) in [7, 11) is -3.84. The first-order chi connectivity index (χ1) is 15.0. The van der Waals surface area contributed by atoms with Crippen molar-refractivity contribution in [1.82, 2.24) is 5.32 Å². The molecule has 0 spiro atoms. The van der Waals surface area contributed by atoms with E-state index in [1.165, 1.54) is 47.4 Å². The van der Waals surface area contributed by atoms with Gasteiger partial charge in [0.25, 0.3) is 21.7 Å². The number of nitro benzene ring substituents is 1. The molecule has 0 aliphatic carbocycles. The highest BCUT2D eigenvalue weighted by molar-refractivity contribution is 7.86. The van der Waals surface area contributed by atoms with Crippen LogP contribution in [0.5, 0.6) is 0 Å². The number of carbonyl (C=O) groups is 2. The SMILES string of the molecule is CC1C(OS(C)(=O)=O)OC(=O)N1c1ccc(C(=N)NC(=O)c2cccc([N+](=O)[O-])c2)cc1. The van der Waals surface area contributed by atoms with Crippen LogP contribution in [-0.2, 0) is 19.0 Å². The average Bonchev–Trinajstić information content (AvgIpc) is 2.99. The molecule has 0 saturated carbocycles. The summed E-state index contributed by atoms with van der Waals surface area (Å²) in [6.07, 6.45) is -1.25. The summed E-state index contributed by atoms with van der Waals surface area (Å²) in [5.74, 6) is -0.955. The molecule has 0 aromatic heterocycles. The zero-order valence-corrected chi connectivity index (χ0v) is 17.7. The monoisotopic (exact) mass is 462 g/mol. The van der Waals surface area contributed by atoms with Crippen LogP contribution in [-0.4, -0.2) is 49.8 Å². The third kappa shape index (κ3) is 5.07. The number of non-ortho nitro benzene ring substituents is 1. The van der Waals surface area contributed by atoms with E-state index < -0.39 is 39.4 Å². The summed E-state index contributed by atoms with van der Waals surface area (Å²) in [5.41, 5.74) is 0.435. The van der Waals surface area contributed by atoms with Gasteiger partial charge in [0.15, 0.2) is 0 Å². The lowest BCUT2D eigenvalue weighted by Crippen LogP contribution is -2.36. The Labute approximate surface area is 182 Å². The molecule has 2 aromatic carbocycles. The molecule has 13 heteroatoms. The lowest BCUT2D eigenvalue weighted by Gasteiger charge is -2.20. The van der Waals surface area contributed by atoms with E-state index in [1.54, 1.807) is 6.92 Å². The zero-order chi connectivity index (χ0) is 23.6. The Morgan fingerprint density at radius 1 is 1.22 bits per heavy atom. The summed E-state index contributed by atoms with van der Waals surface area (Å²) in [6, 6.07) is 10.3. The van der Waals surface area contributed by atoms with Crippen LogP contribution in [0, 0.1) is 15.5 Å². The van der Waals surface area contributed by atoms with Crippen molar-refractivity contribution < 1.29 is 31.9 Å². The fraction of sp³-hybridized carbons (Fsp3) is 0.211. The van der Waals surface area contributed by atoms with Gasteiger partial charge in [-0.3, -0.25) is 25.2 Å². The van der Waals surface area contributed by atoms with Crippen LogP contribution >= 0.6 is 0 Å². The van der Waals surface area contributed by atoms with Crippen molar-refractivity contribution in [3.63, 3.8) is 0 Å². The molecule has 2 amide bonds. The Balaban J connectivity index is 1.71. The molecule has 2 N–H and O–H groups in total. The van der Waals surface area contributed by atoms with Crippen LogP contribution in [0.15, 0.2) is 48.5 Å². The quantitative estimate of drug-likeness (QED) is 0.216. The third-order valence-corrected chi connectivity index (χ3v) is 5.02. The topological polar surface area (TPSA) is 169 Å². The van der Waals surface area contributed by atoms with Gasteiger partial charge >= 0.3 is 6.09 Å². The minimum absolute atomic E-state index is 0.0196. The molecule has 1 aliphatic rings. The lowest BCUT2D eigenvalue weighted by atomic mass is 10.1. The van der Waals surface area contributed by atoms with E-state index in [1.807, 2.05) is 0 Å². The molecule has 32 heavy (non-hydrogen) atoms. The molecular formula is C19H18N4O8S. The Morgan fingerprint density at radius 2 is 1.88 bits per heavy atom. The highest BCUT2D eigenvalue weighted by Crippen LogP contribution is 2.28. The van der Waals surface area contributed by atoms with Crippen LogP contribution in [0.3, 0.4) is 0 Å². The van der Waals surface area contributed by atoms with Crippen molar-refractivity contribution in [3.8, 4) is 0 Å². The molecule has 1 saturated heterocycles. The number of rotatable bonds is 6. The van der Waals surface area contributed by atoms with Crippen LogP contribution in [0.1, 0.15) is 22.8 Å². The summed E-state index contributed by atoms with van der Waals surface area (Å²) in [5, 5.41) is 21.3. The standard InChI is InChI=1S/C19H18N4O8S/c1-11-18(31-32(2,28)29)30-19(25)22(11)14-8-6-12(7-9-14)16(20)21-17(24)13-4-3-5-15(10-13)23(26)27/h3-11,18H,1-2H3,(H2,20,21,24). The third-order valence-electron chi connectivity index (χ3n) is 4.48. The van der Waals surface area contributed by atoms with Crippen molar-refractivity contribution in [3.05, 3.63) is 69.8 Å². The van der Waals surface area contributed by atoms with Crippen molar-refractivity contribution in [2.75, 3.05) is 11.2 Å². The molecule has 12 nitrogen and oxygen atoms in total. The fourth-order valence-corrected chi connectivity index (χ4v) is 3.51. The smallest absolute Gasteiger partial charge is 0.416 e. The first-order valence-electron chi connectivity index (χ1n) is 9.09. The molecule has 1 heterocycles. The number of nitrogens with zero attached hydrogens (tertiary/aromatic N) is 2. The number of benzene rings is 2. The highest BCUT2D eigenvalue weighted by Gasteiger charge is 2.42. The Kier molecular flexibility index (Phi) is 6.23. The van der Waals surface area contributed by atoms with Gasteiger partial charge in [0.1, 0.15) is 11.9 Å². The summed E-state index contributed by atoms with van der Waals surface area (Å²) in [4.78, 5) is 35.9. The van der Waals surface area contributed by atoms with Crippen molar-refractivity contribution in [2.45, 2.75) is 19.3 Å². The molecule has 1 fully saturated rings. The van der Waals surface area contributed by atoms with Crippen molar-refractivity contribution in [2.24, 2.45) is 0 Å². The van der Waals surface area contributed by atoms with E-state index in [0.29, 0.717) is 11.3 Å². The Morgan fingerprint density at radius 3 is 2.47 bits per heavy atom.